The highest BCUT2D eigenvalue weighted by atomic mass is 32.2. The molecule has 2 aromatic rings. The molecule has 0 fully saturated rings. The van der Waals surface area contributed by atoms with Crippen LogP contribution in [0.2, 0.25) is 0 Å². The van der Waals surface area contributed by atoms with Gasteiger partial charge in [0.15, 0.2) is 0 Å². The molecule has 0 unspecified atom stereocenters. The molecule has 0 amide bonds. The van der Waals surface area contributed by atoms with Crippen LogP contribution in [0.15, 0.2) is 41.3 Å². The van der Waals surface area contributed by atoms with E-state index in [-0.39, 0.29) is 4.90 Å². The molecule has 0 aliphatic rings. The lowest BCUT2D eigenvalue weighted by Gasteiger charge is -2.13. The van der Waals surface area contributed by atoms with Crippen molar-refractivity contribution in [2.75, 3.05) is 19.0 Å². The number of sulfonamides is 1. The largest absolute Gasteiger partial charge is 0.378 e. The van der Waals surface area contributed by atoms with Crippen LogP contribution in [0.1, 0.15) is 0 Å². The minimum atomic E-state index is -3.63. The summed E-state index contributed by atoms with van der Waals surface area (Å²) < 4.78 is 22.4. The molecule has 0 aliphatic heterocycles. The topological polar surface area (TPSA) is 63.4 Å². The van der Waals surface area contributed by atoms with E-state index in [9.17, 15) is 8.42 Å². The highest BCUT2D eigenvalue weighted by Crippen LogP contribution is 2.23. The molecule has 5 heteroatoms. The Morgan fingerprint density at radius 3 is 2.18 bits per heavy atom. The normalized spacial score (nSPS) is 11.7. The lowest BCUT2D eigenvalue weighted by atomic mass is 10.1. The molecule has 90 valence electrons. The third-order valence-corrected chi connectivity index (χ3v) is 3.55. The Hall–Kier alpha value is -1.59. The number of rotatable bonds is 2. The predicted molar refractivity (Wildman–Crippen MR) is 69.6 cm³/mol. The summed E-state index contributed by atoms with van der Waals surface area (Å²) in [5.74, 6) is 0. The Morgan fingerprint density at radius 2 is 1.59 bits per heavy atom. The molecule has 0 spiro atoms. The van der Waals surface area contributed by atoms with Crippen molar-refractivity contribution in [2.45, 2.75) is 4.90 Å². The lowest BCUT2D eigenvalue weighted by molar-refractivity contribution is 0.598. The van der Waals surface area contributed by atoms with Gasteiger partial charge in [-0.1, -0.05) is 12.1 Å². The number of benzene rings is 2. The number of nitrogens with zero attached hydrogens (tertiary/aromatic N) is 1. The van der Waals surface area contributed by atoms with E-state index in [2.05, 4.69) is 0 Å². The number of fused-ring (bicyclic) bond motifs is 1. The van der Waals surface area contributed by atoms with Crippen LogP contribution in [0.5, 0.6) is 0 Å². The second kappa shape index (κ2) is 4.01. The van der Waals surface area contributed by atoms with Crippen LogP contribution in [0, 0.1) is 0 Å². The van der Waals surface area contributed by atoms with Gasteiger partial charge in [-0.2, -0.15) is 0 Å². The van der Waals surface area contributed by atoms with Gasteiger partial charge < -0.3 is 4.90 Å². The number of hydrogen-bond acceptors (Lipinski definition) is 3. The fourth-order valence-electron chi connectivity index (χ4n) is 1.67. The maximum absolute atomic E-state index is 11.2. The summed E-state index contributed by atoms with van der Waals surface area (Å²) in [5, 5.41) is 6.94. The number of anilines is 1. The van der Waals surface area contributed by atoms with Crippen molar-refractivity contribution in [1.82, 2.24) is 0 Å². The average molecular weight is 250 g/mol. The smallest absolute Gasteiger partial charge is 0.238 e. The fourth-order valence-corrected chi connectivity index (χ4v) is 2.22. The van der Waals surface area contributed by atoms with Crippen molar-refractivity contribution in [3.05, 3.63) is 36.4 Å². The molecule has 0 aliphatic carbocycles. The molecule has 0 saturated heterocycles. The molecule has 2 rings (SSSR count). The fraction of sp³-hybridized carbons (Fsp3) is 0.167. The van der Waals surface area contributed by atoms with E-state index in [4.69, 9.17) is 5.14 Å². The number of primary sulfonamides is 1. The quantitative estimate of drug-likeness (QED) is 0.879. The van der Waals surface area contributed by atoms with Gasteiger partial charge in [-0.15, -0.1) is 0 Å². The van der Waals surface area contributed by atoms with E-state index in [0.29, 0.717) is 0 Å². The highest BCUT2D eigenvalue weighted by Gasteiger charge is 2.08. The summed E-state index contributed by atoms with van der Waals surface area (Å²) in [7, 11) is 0.285. The number of nitrogens with two attached hydrogens (primary N) is 1. The van der Waals surface area contributed by atoms with Crippen LogP contribution < -0.4 is 10.0 Å². The lowest BCUT2D eigenvalue weighted by Crippen LogP contribution is -2.12. The zero-order valence-electron chi connectivity index (χ0n) is 9.71. The Morgan fingerprint density at radius 1 is 1.00 bits per heavy atom. The van der Waals surface area contributed by atoms with Gasteiger partial charge in [-0.05, 0) is 35.0 Å². The molecular weight excluding hydrogens is 236 g/mol. The molecule has 2 N–H and O–H groups in total. The van der Waals surface area contributed by atoms with Gasteiger partial charge in [0.25, 0.3) is 0 Å². The Labute approximate surface area is 101 Å². The zero-order chi connectivity index (χ0) is 12.6. The maximum Gasteiger partial charge on any atom is 0.238 e. The molecular formula is C12H14N2O2S. The Balaban J connectivity index is 2.62. The van der Waals surface area contributed by atoms with E-state index in [1.807, 2.05) is 37.2 Å². The van der Waals surface area contributed by atoms with E-state index in [0.717, 1.165) is 16.5 Å². The minimum absolute atomic E-state index is 0.141. The van der Waals surface area contributed by atoms with Crippen molar-refractivity contribution in [2.24, 2.45) is 5.14 Å². The minimum Gasteiger partial charge on any atom is -0.378 e. The van der Waals surface area contributed by atoms with E-state index < -0.39 is 10.0 Å². The third kappa shape index (κ3) is 2.40. The van der Waals surface area contributed by atoms with Crippen molar-refractivity contribution in [3.8, 4) is 0 Å². The van der Waals surface area contributed by atoms with Gasteiger partial charge in [-0.25, -0.2) is 13.6 Å². The first-order valence-corrected chi connectivity index (χ1v) is 6.66. The molecule has 0 heterocycles. The van der Waals surface area contributed by atoms with Crippen LogP contribution in [0.4, 0.5) is 5.69 Å². The summed E-state index contributed by atoms with van der Waals surface area (Å²) in [6.45, 7) is 0. The summed E-state index contributed by atoms with van der Waals surface area (Å²) in [6.07, 6.45) is 0. The van der Waals surface area contributed by atoms with Gasteiger partial charge in [-0.3, -0.25) is 0 Å². The van der Waals surface area contributed by atoms with Crippen molar-refractivity contribution >= 4 is 26.5 Å². The van der Waals surface area contributed by atoms with Crippen molar-refractivity contribution in [1.29, 1.82) is 0 Å². The Kier molecular flexibility index (Phi) is 2.81. The van der Waals surface area contributed by atoms with Gasteiger partial charge in [0.2, 0.25) is 10.0 Å². The van der Waals surface area contributed by atoms with Gasteiger partial charge in [0.1, 0.15) is 0 Å². The summed E-state index contributed by atoms with van der Waals surface area (Å²) in [5.41, 5.74) is 1.07. The molecule has 0 radical (unpaired) electrons. The van der Waals surface area contributed by atoms with E-state index in [1.54, 1.807) is 12.1 Å². The zero-order valence-corrected chi connectivity index (χ0v) is 10.5. The first-order valence-electron chi connectivity index (χ1n) is 5.12. The summed E-state index contributed by atoms with van der Waals surface area (Å²) >= 11 is 0. The van der Waals surface area contributed by atoms with E-state index >= 15 is 0 Å². The Bertz CT molecular complexity index is 663. The molecule has 4 nitrogen and oxygen atoms in total. The molecule has 0 bridgehead atoms. The number of hydrogen-bond donors (Lipinski definition) is 1. The summed E-state index contributed by atoms with van der Waals surface area (Å²) in [4.78, 5) is 2.13. The predicted octanol–water partition coefficient (Wildman–Crippen LogP) is 1.55. The molecule has 2 aromatic carbocycles. The standard InChI is InChI=1S/C12H14N2O2S/c1-14(2)11-5-3-10-8-12(17(13,15)16)6-4-9(10)7-11/h3-8H,1-2H3,(H2,13,15,16). The van der Waals surface area contributed by atoms with Gasteiger partial charge in [0, 0.05) is 19.8 Å². The first-order chi connectivity index (χ1) is 7.88. The van der Waals surface area contributed by atoms with Crippen LogP contribution >= 0.6 is 0 Å². The monoisotopic (exact) mass is 250 g/mol. The molecule has 0 saturated carbocycles. The highest BCUT2D eigenvalue weighted by molar-refractivity contribution is 7.89. The average Bonchev–Trinajstić information content (AvgIpc) is 2.26. The van der Waals surface area contributed by atoms with Crippen LogP contribution in [0.25, 0.3) is 10.8 Å². The SMILES string of the molecule is CN(C)c1ccc2cc(S(N)(=O)=O)ccc2c1. The van der Waals surface area contributed by atoms with Gasteiger partial charge in [0.05, 0.1) is 4.90 Å². The maximum atomic E-state index is 11.2. The van der Waals surface area contributed by atoms with Crippen LogP contribution in [0.3, 0.4) is 0 Å². The van der Waals surface area contributed by atoms with Crippen LogP contribution in [-0.4, -0.2) is 22.5 Å². The molecule has 0 atom stereocenters. The van der Waals surface area contributed by atoms with Crippen molar-refractivity contribution < 1.29 is 8.42 Å². The second-order valence-electron chi connectivity index (χ2n) is 4.13. The first kappa shape index (κ1) is 11.9. The van der Waals surface area contributed by atoms with Gasteiger partial charge >= 0.3 is 0 Å². The second-order valence-corrected chi connectivity index (χ2v) is 5.69. The van der Waals surface area contributed by atoms with Crippen molar-refractivity contribution in [3.63, 3.8) is 0 Å². The van der Waals surface area contributed by atoms with Crippen LogP contribution in [-0.2, 0) is 10.0 Å². The molecule has 17 heavy (non-hydrogen) atoms. The third-order valence-electron chi connectivity index (χ3n) is 2.64. The molecule has 0 aromatic heterocycles. The summed E-state index contributed by atoms with van der Waals surface area (Å²) in [6, 6.07) is 10.7. The van der Waals surface area contributed by atoms with E-state index in [1.165, 1.54) is 6.07 Å².